The highest BCUT2D eigenvalue weighted by Gasteiger charge is 2.10. The minimum absolute atomic E-state index is 0.138. The topological polar surface area (TPSA) is 103 Å². The Balaban J connectivity index is 2.12. The van der Waals surface area contributed by atoms with E-state index < -0.39 is 10.8 Å². The molecule has 0 spiro atoms. The first-order valence-corrected chi connectivity index (χ1v) is 6.85. The fourth-order valence-corrected chi connectivity index (χ4v) is 1.93. The lowest BCUT2D eigenvalue weighted by Gasteiger charge is -2.06. The number of amides is 1. The Morgan fingerprint density at radius 1 is 1.21 bits per heavy atom. The average Bonchev–Trinajstić information content (AvgIpc) is 2.61. The predicted octanol–water partition coefficient (Wildman–Crippen LogP) is 2.38. The van der Waals surface area contributed by atoms with E-state index in [2.05, 4.69) is 10.5 Å². The second kappa shape index (κ2) is 7.73. The summed E-state index contributed by atoms with van der Waals surface area (Å²) < 4.78 is 10.3. The molecule has 0 bridgehead atoms. The lowest BCUT2D eigenvalue weighted by atomic mass is 10.2. The van der Waals surface area contributed by atoms with Crippen LogP contribution in [0, 0.1) is 10.1 Å². The van der Waals surface area contributed by atoms with Crippen LogP contribution in [0.25, 0.3) is 0 Å². The third kappa shape index (κ3) is 4.07. The molecule has 0 atom stereocenters. The first kappa shape index (κ1) is 16.9. The van der Waals surface area contributed by atoms with Crippen LogP contribution in [-0.4, -0.2) is 31.3 Å². The molecule has 1 N–H and O–H groups in total. The van der Waals surface area contributed by atoms with E-state index in [1.807, 2.05) is 0 Å². The summed E-state index contributed by atoms with van der Waals surface area (Å²) >= 11 is 0. The summed E-state index contributed by atoms with van der Waals surface area (Å²) in [6, 6.07) is 10.5. The quantitative estimate of drug-likeness (QED) is 0.498. The summed E-state index contributed by atoms with van der Waals surface area (Å²) in [5, 5.41) is 14.6. The van der Waals surface area contributed by atoms with Crippen LogP contribution in [0.3, 0.4) is 0 Å². The van der Waals surface area contributed by atoms with Gasteiger partial charge in [0.25, 0.3) is 11.6 Å². The molecule has 0 unspecified atom stereocenters. The second-order valence-electron chi connectivity index (χ2n) is 4.61. The Morgan fingerprint density at radius 2 is 2.00 bits per heavy atom. The van der Waals surface area contributed by atoms with Crippen molar-refractivity contribution in [1.82, 2.24) is 5.43 Å². The molecule has 2 rings (SSSR count). The number of nitrogens with zero attached hydrogens (tertiary/aromatic N) is 2. The van der Waals surface area contributed by atoms with Gasteiger partial charge in [-0.2, -0.15) is 5.10 Å². The van der Waals surface area contributed by atoms with Crippen molar-refractivity contribution in [2.45, 2.75) is 0 Å². The number of hydrogen-bond acceptors (Lipinski definition) is 6. The zero-order chi connectivity index (χ0) is 17.5. The highest BCUT2D eigenvalue weighted by Crippen LogP contribution is 2.22. The van der Waals surface area contributed by atoms with Crippen molar-refractivity contribution in [2.75, 3.05) is 14.2 Å². The molecule has 0 fully saturated rings. The maximum absolute atomic E-state index is 12.0. The molecule has 2 aromatic carbocycles. The Bertz CT molecular complexity index is 789. The molecule has 0 saturated heterocycles. The van der Waals surface area contributed by atoms with E-state index in [0.717, 1.165) is 0 Å². The molecule has 1 amide bonds. The van der Waals surface area contributed by atoms with Gasteiger partial charge in [-0.3, -0.25) is 14.9 Å². The Kier molecular flexibility index (Phi) is 5.45. The molecule has 8 heteroatoms. The summed E-state index contributed by atoms with van der Waals surface area (Å²) in [6.45, 7) is 0. The Labute approximate surface area is 137 Å². The van der Waals surface area contributed by atoms with E-state index in [4.69, 9.17) is 9.47 Å². The van der Waals surface area contributed by atoms with Gasteiger partial charge in [0.05, 0.1) is 25.4 Å². The van der Waals surface area contributed by atoms with Gasteiger partial charge in [-0.05, 0) is 24.3 Å². The molecule has 8 nitrogen and oxygen atoms in total. The van der Waals surface area contributed by atoms with Gasteiger partial charge in [0.1, 0.15) is 11.5 Å². The van der Waals surface area contributed by atoms with Crippen molar-refractivity contribution in [2.24, 2.45) is 5.10 Å². The van der Waals surface area contributed by atoms with Gasteiger partial charge >= 0.3 is 0 Å². The van der Waals surface area contributed by atoms with Crippen LogP contribution < -0.4 is 14.9 Å². The molecule has 0 aliphatic heterocycles. The fraction of sp³-hybridized carbons (Fsp3) is 0.125. The summed E-state index contributed by atoms with van der Waals surface area (Å²) in [7, 11) is 3.05. The van der Waals surface area contributed by atoms with Crippen LogP contribution in [0.2, 0.25) is 0 Å². The number of hydrazone groups is 1. The van der Waals surface area contributed by atoms with Gasteiger partial charge in [0.15, 0.2) is 0 Å². The van der Waals surface area contributed by atoms with Crippen LogP contribution in [0.1, 0.15) is 15.9 Å². The van der Waals surface area contributed by atoms with Crippen LogP contribution >= 0.6 is 0 Å². The number of nitro benzene ring substituents is 1. The number of methoxy groups -OCH3 is 2. The lowest BCUT2D eigenvalue weighted by Crippen LogP contribution is -2.17. The minimum Gasteiger partial charge on any atom is -0.497 e. The van der Waals surface area contributed by atoms with Crippen molar-refractivity contribution in [1.29, 1.82) is 0 Å². The molecule has 0 aliphatic carbocycles. The molecular weight excluding hydrogens is 314 g/mol. The van der Waals surface area contributed by atoms with Gasteiger partial charge < -0.3 is 9.47 Å². The number of carbonyl (C=O) groups is 1. The molecule has 0 saturated carbocycles. The van der Waals surface area contributed by atoms with Gasteiger partial charge in [-0.1, -0.05) is 6.07 Å². The molecule has 0 aliphatic rings. The second-order valence-corrected chi connectivity index (χ2v) is 4.61. The molecule has 0 aromatic heterocycles. The number of hydrogen-bond donors (Lipinski definition) is 1. The maximum atomic E-state index is 12.0. The van der Waals surface area contributed by atoms with Crippen molar-refractivity contribution < 1.29 is 19.2 Å². The van der Waals surface area contributed by atoms with Crippen LogP contribution in [0.5, 0.6) is 11.5 Å². The van der Waals surface area contributed by atoms with Crippen LogP contribution in [0.15, 0.2) is 47.6 Å². The predicted molar refractivity (Wildman–Crippen MR) is 87.7 cm³/mol. The van der Waals surface area contributed by atoms with Crippen molar-refractivity contribution >= 4 is 17.8 Å². The maximum Gasteiger partial charge on any atom is 0.271 e. The number of nitro groups is 1. The third-order valence-electron chi connectivity index (χ3n) is 3.13. The smallest absolute Gasteiger partial charge is 0.271 e. The van der Waals surface area contributed by atoms with Crippen LogP contribution in [0.4, 0.5) is 5.69 Å². The monoisotopic (exact) mass is 329 g/mol. The van der Waals surface area contributed by atoms with Crippen LogP contribution in [-0.2, 0) is 0 Å². The van der Waals surface area contributed by atoms with E-state index in [-0.39, 0.29) is 11.3 Å². The summed E-state index contributed by atoms with van der Waals surface area (Å²) in [5.74, 6) is 0.614. The molecule has 0 radical (unpaired) electrons. The normalized spacial score (nSPS) is 10.4. The van der Waals surface area contributed by atoms with Crippen molar-refractivity contribution in [3.05, 3.63) is 63.7 Å². The lowest BCUT2D eigenvalue weighted by molar-refractivity contribution is -0.384. The highest BCUT2D eigenvalue weighted by molar-refractivity contribution is 5.95. The first-order chi connectivity index (χ1) is 11.5. The first-order valence-electron chi connectivity index (χ1n) is 6.85. The average molecular weight is 329 g/mol. The molecular formula is C16H15N3O5. The molecule has 24 heavy (non-hydrogen) atoms. The zero-order valence-electron chi connectivity index (χ0n) is 13.1. The highest BCUT2D eigenvalue weighted by atomic mass is 16.6. The minimum atomic E-state index is -0.568. The van der Waals surface area contributed by atoms with Crippen molar-refractivity contribution in [3.63, 3.8) is 0 Å². The largest absolute Gasteiger partial charge is 0.497 e. The van der Waals surface area contributed by atoms with Gasteiger partial charge in [0.2, 0.25) is 0 Å². The standard InChI is InChI=1S/C16H15N3O5/c1-23-14-6-7-15(24-2)12(9-14)10-17-18-16(20)11-4-3-5-13(8-11)19(21)22/h3-10H,1-2H3,(H,18,20). The van der Waals surface area contributed by atoms with Gasteiger partial charge in [0, 0.05) is 23.3 Å². The van der Waals surface area contributed by atoms with E-state index in [1.54, 1.807) is 18.2 Å². The SMILES string of the molecule is COc1ccc(OC)c(C=NNC(=O)c2cccc([N+](=O)[O-])c2)c1. The van der Waals surface area contributed by atoms with E-state index in [9.17, 15) is 14.9 Å². The number of non-ortho nitro benzene ring substituents is 1. The number of benzene rings is 2. The van der Waals surface area contributed by atoms with Gasteiger partial charge in [-0.25, -0.2) is 5.43 Å². The number of carbonyl (C=O) groups excluding carboxylic acids is 1. The fourth-order valence-electron chi connectivity index (χ4n) is 1.93. The molecule has 2 aromatic rings. The number of nitrogens with one attached hydrogen (secondary N) is 1. The third-order valence-corrected chi connectivity index (χ3v) is 3.13. The molecule has 124 valence electrons. The van der Waals surface area contributed by atoms with E-state index in [0.29, 0.717) is 17.1 Å². The van der Waals surface area contributed by atoms with E-state index >= 15 is 0 Å². The Hall–Kier alpha value is -3.42. The number of rotatable bonds is 6. The summed E-state index contributed by atoms with van der Waals surface area (Å²) in [6.07, 6.45) is 1.40. The van der Waals surface area contributed by atoms with E-state index in [1.165, 1.54) is 44.7 Å². The van der Waals surface area contributed by atoms with Crippen molar-refractivity contribution in [3.8, 4) is 11.5 Å². The summed E-state index contributed by atoms with van der Waals surface area (Å²) in [5.41, 5.74) is 2.89. The summed E-state index contributed by atoms with van der Waals surface area (Å²) in [4.78, 5) is 22.1. The molecule has 0 heterocycles. The number of ether oxygens (including phenoxy) is 2. The Morgan fingerprint density at radius 3 is 2.67 bits per heavy atom. The van der Waals surface area contributed by atoms with Gasteiger partial charge in [-0.15, -0.1) is 0 Å². The zero-order valence-corrected chi connectivity index (χ0v) is 13.1.